The zero-order valence-electron chi connectivity index (χ0n) is 18.6. The van der Waals surface area contributed by atoms with Crippen molar-refractivity contribution in [2.75, 3.05) is 10.6 Å². The quantitative estimate of drug-likeness (QED) is 0.299. The van der Waals surface area contributed by atoms with Crippen LogP contribution in [-0.2, 0) is 11.2 Å². The van der Waals surface area contributed by atoms with Crippen LogP contribution in [0.5, 0.6) is 0 Å². The Kier molecular flexibility index (Phi) is 7.69. The number of amides is 3. The van der Waals surface area contributed by atoms with Gasteiger partial charge in [0.25, 0.3) is 0 Å². The normalized spacial score (nSPS) is 11.5. The Balaban J connectivity index is 1.47. The minimum absolute atomic E-state index is 0.262. The molecule has 0 spiro atoms. The van der Waals surface area contributed by atoms with Crippen LogP contribution in [0.25, 0.3) is 10.6 Å². The molecule has 0 aliphatic carbocycles. The van der Waals surface area contributed by atoms with Gasteiger partial charge in [0.2, 0.25) is 11.0 Å². The van der Waals surface area contributed by atoms with Gasteiger partial charge in [-0.15, -0.1) is 10.2 Å². The van der Waals surface area contributed by atoms with Gasteiger partial charge < -0.3 is 10.6 Å². The van der Waals surface area contributed by atoms with Crippen molar-refractivity contribution in [1.82, 2.24) is 15.5 Å². The van der Waals surface area contributed by atoms with E-state index in [1.165, 1.54) is 12.1 Å². The maximum absolute atomic E-state index is 13.2. The number of anilines is 2. The van der Waals surface area contributed by atoms with Gasteiger partial charge in [-0.2, -0.15) is 0 Å². The zero-order valence-corrected chi connectivity index (χ0v) is 20.2. The summed E-state index contributed by atoms with van der Waals surface area (Å²) >= 11 is 7.29. The molecule has 3 N–H and O–H groups in total. The minimum atomic E-state index is -0.892. The van der Waals surface area contributed by atoms with E-state index in [0.717, 1.165) is 22.5 Å². The van der Waals surface area contributed by atoms with Crippen LogP contribution in [0.4, 0.5) is 20.0 Å². The molecule has 10 heteroatoms. The molecule has 1 atom stereocenters. The van der Waals surface area contributed by atoms with Gasteiger partial charge in [0.05, 0.1) is 0 Å². The van der Waals surface area contributed by atoms with Crippen molar-refractivity contribution >= 4 is 45.7 Å². The van der Waals surface area contributed by atoms with E-state index in [4.69, 9.17) is 11.6 Å². The van der Waals surface area contributed by atoms with Crippen LogP contribution in [0.15, 0.2) is 72.8 Å². The molecular weight excluding hydrogens is 489 g/mol. The molecule has 4 rings (SSSR count). The number of carbonyl (C=O) groups is 2. The summed E-state index contributed by atoms with van der Waals surface area (Å²) in [6.07, 6.45) is 0.262. The lowest BCUT2D eigenvalue weighted by atomic mass is 10.1. The summed E-state index contributed by atoms with van der Waals surface area (Å²) in [4.78, 5) is 25.8. The molecule has 7 nitrogen and oxygen atoms in total. The number of rotatable bonds is 7. The Morgan fingerprint density at radius 3 is 2.46 bits per heavy atom. The van der Waals surface area contributed by atoms with E-state index in [1.807, 2.05) is 37.3 Å². The third-order valence-corrected chi connectivity index (χ3v) is 6.38. The first-order valence-electron chi connectivity index (χ1n) is 10.7. The number of hydrogen-bond donors (Lipinski definition) is 3. The predicted molar refractivity (Wildman–Crippen MR) is 136 cm³/mol. The third-order valence-electron chi connectivity index (χ3n) is 5.08. The maximum atomic E-state index is 13.2. The van der Waals surface area contributed by atoms with Gasteiger partial charge in [0.15, 0.2) is 0 Å². The van der Waals surface area contributed by atoms with E-state index in [-0.39, 0.29) is 17.4 Å². The van der Waals surface area contributed by atoms with Gasteiger partial charge >= 0.3 is 6.03 Å². The number of aryl methyl sites for hydroxylation is 1. The topological polar surface area (TPSA) is 96.0 Å². The van der Waals surface area contributed by atoms with E-state index in [9.17, 15) is 14.0 Å². The highest BCUT2D eigenvalue weighted by Gasteiger charge is 2.23. The largest absolute Gasteiger partial charge is 0.326 e. The van der Waals surface area contributed by atoms with Crippen LogP contribution in [0.3, 0.4) is 0 Å². The second-order valence-corrected chi connectivity index (χ2v) is 9.10. The number of aromatic nitrogens is 2. The minimum Gasteiger partial charge on any atom is -0.326 e. The Hall–Kier alpha value is -3.82. The van der Waals surface area contributed by atoms with E-state index in [1.54, 1.807) is 30.3 Å². The first-order valence-corrected chi connectivity index (χ1v) is 11.8. The lowest BCUT2D eigenvalue weighted by molar-refractivity contribution is -0.117. The average molecular weight is 510 g/mol. The standard InChI is InChI=1S/C25H21ClFN5O2S/c1-15-7-12-19(14-20(15)26)28-24(34)29-21(13-16-5-3-2-4-6-16)22(33)30-25-32-31-23(35-25)17-8-10-18(27)11-9-17/h2-12,14,21H,13H2,1H3,(H2,28,29,34)(H,30,32,33)/t21-/m0/s1. The van der Waals surface area contributed by atoms with E-state index in [2.05, 4.69) is 26.1 Å². The van der Waals surface area contributed by atoms with Gasteiger partial charge in [-0.05, 0) is 54.4 Å². The average Bonchev–Trinajstić information content (AvgIpc) is 3.30. The van der Waals surface area contributed by atoms with Crippen LogP contribution in [-0.4, -0.2) is 28.2 Å². The predicted octanol–water partition coefficient (Wildman–Crippen LogP) is 5.68. The fraction of sp³-hybridized carbons (Fsp3) is 0.120. The summed E-state index contributed by atoms with van der Waals surface area (Å²) in [5.41, 5.74) is 2.94. The number of carbonyl (C=O) groups excluding carboxylic acids is 2. The van der Waals surface area contributed by atoms with Crippen LogP contribution in [0.1, 0.15) is 11.1 Å². The van der Waals surface area contributed by atoms with Crippen molar-refractivity contribution < 1.29 is 14.0 Å². The van der Waals surface area contributed by atoms with Gasteiger partial charge in [-0.1, -0.05) is 59.3 Å². The smallest absolute Gasteiger partial charge is 0.319 e. The monoisotopic (exact) mass is 509 g/mol. The molecule has 0 radical (unpaired) electrons. The summed E-state index contributed by atoms with van der Waals surface area (Å²) in [6.45, 7) is 1.86. The van der Waals surface area contributed by atoms with Crippen LogP contribution >= 0.6 is 22.9 Å². The molecule has 4 aromatic rings. The van der Waals surface area contributed by atoms with E-state index < -0.39 is 18.0 Å². The molecule has 178 valence electrons. The van der Waals surface area contributed by atoms with Crippen molar-refractivity contribution in [3.63, 3.8) is 0 Å². The third kappa shape index (κ3) is 6.62. The summed E-state index contributed by atoms with van der Waals surface area (Å²) in [5, 5.41) is 17.5. The SMILES string of the molecule is Cc1ccc(NC(=O)N[C@@H](Cc2ccccc2)C(=O)Nc2nnc(-c3ccc(F)cc3)s2)cc1Cl. The van der Waals surface area contributed by atoms with Crippen molar-refractivity contribution in [1.29, 1.82) is 0 Å². The number of urea groups is 1. The highest BCUT2D eigenvalue weighted by atomic mass is 35.5. The van der Waals surface area contributed by atoms with Crippen molar-refractivity contribution in [3.05, 3.63) is 94.8 Å². The number of nitrogens with zero attached hydrogens (tertiary/aromatic N) is 2. The van der Waals surface area contributed by atoms with Crippen molar-refractivity contribution in [2.45, 2.75) is 19.4 Å². The van der Waals surface area contributed by atoms with Crippen LogP contribution in [0.2, 0.25) is 5.02 Å². The molecule has 3 aromatic carbocycles. The molecule has 0 aliphatic heterocycles. The zero-order chi connectivity index (χ0) is 24.8. The first-order chi connectivity index (χ1) is 16.9. The van der Waals surface area contributed by atoms with Gasteiger partial charge in [-0.3, -0.25) is 10.1 Å². The maximum Gasteiger partial charge on any atom is 0.319 e. The molecule has 3 amide bonds. The van der Waals surface area contributed by atoms with E-state index in [0.29, 0.717) is 21.3 Å². The molecule has 0 bridgehead atoms. The highest BCUT2D eigenvalue weighted by molar-refractivity contribution is 7.18. The van der Waals surface area contributed by atoms with E-state index >= 15 is 0 Å². The Morgan fingerprint density at radius 1 is 1.00 bits per heavy atom. The summed E-state index contributed by atoms with van der Waals surface area (Å²) < 4.78 is 13.2. The molecule has 1 heterocycles. The fourth-order valence-electron chi connectivity index (χ4n) is 3.23. The van der Waals surface area contributed by atoms with Crippen molar-refractivity contribution in [3.8, 4) is 10.6 Å². The molecule has 1 aromatic heterocycles. The molecule has 0 saturated heterocycles. The van der Waals surface area contributed by atoms with Crippen LogP contribution in [0, 0.1) is 12.7 Å². The Bertz CT molecular complexity index is 1330. The van der Waals surface area contributed by atoms with Gasteiger partial charge in [0.1, 0.15) is 16.9 Å². The van der Waals surface area contributed by atoms with Crippen molar-refractivity contribution in [2.24, 2.45) is 0 Å². The summed E-state index contributed by atoms with van der Waals surface area (Å²) in [6, 6.07) is 18.9. The number of nitrogens with one attached hydrogen (secondary N) is 3. The first kappa shape index (κ1) is 24.3. The molecular formula is C25H21ClFN5O2S. The molecule has 0 aliphatic rings. The van der Waals surface area contributed by atoms with Gasteiger partial charge in [-0.25, -0.2) is 9.18 Å². The van der Waals surface area contributed by atoms with Crippen LogP contribution < -0.4 is 16.0 Å². The number of hydrogen-bond acceptors (Lipinski definition) is 5. The molecule has 0 saturated carbocycles. The number of benzene rings is 3. The lowest BCUT2D eigenvalue weighted by Gasteiger charge is -2.18. The number of halogens is 2. The summed E-state index contributed by atoms with van der Waals surface area (Å²) in [5.74, 6) is -0.805. The Morgan fingerprint density at radius 2 is 1.74 bits per heavy atom. The summed E-state index contributed by atoms with van der Waals surface area (Å²) in [7, 11) is 0. The molecule has 0 unspecified atom stereocenters. The highest BCUT2D eigenvalue weighted by Crippen LogP contribution is 2.26. The molecule has 35 heavy (non-hydrogen) atoms. The fourth-order valence-corrected chi connectivity index (χ4v) is 4.16. The second kappa shape index (κ2) is 11.1. The van der Waals surface area contributed by atoms with Gasteiger partial charge in [0, 0.05) is 22.7 Å². The molecule has 0 fully saturated rings. The Labute approximate surface area is 210 Å². The second-order valence-electron chi connectivity index (χ2n) is 7.71. The lowest BCUT2D eigenvalue weighted by Crippen LogP contribution is -2.46.